The molecule has 2 nitrogen and oxygen atoms in total. The maximum absolute atomic E-state index is 6.43. The number of hydrogen-bond acceptors (Lipinski definition) is 2. The van der Waals surface area contributed by atoms with Gasteiger partial charge < -0.3 is 5.73 Å². The topological polar surface area (TPSA) is 38.9 Å². The van der Waals surface area contributed by atoms with E-state index in [1.54, 1.807) is 0 Å². The van der Waals surface area contributed by atoms with Crippen molar-refractivity contribution in [2.24, 2.45) is 35.3 Å². The van der Waals surface area contributed by atoms with Gasteiger partial charge in [-0.05, 0) is 79.7 Å². The Morgan fingerprint density at radius 3 is 2.37 bits per heavy atom. The van der Waals surface area contributed by atoms with Gasteiger partial charge in [-0.15, -0.1) is 0 Å². The predicted molar refractivity (Wildman–Crippen MR) is 76.3 cm³/mol. The number of hydrogen-bond donors (Lipinski definition) is 1. The van der Waals surface area contributed by atoms with Crippen LogP contribution in [0.5, 0.6) is 0 Å². The summed E-state index contributed by atoms with van der Waals surface area (Å²) in [5.41, 5.74) is 7.65. The van der Waals surface area contributed by atoms with E-state index in [0.717, 1.165) is 29.6 Å². The molecular weight excluding hydrogens is 232 g/mol. The summed E-state index contributed by atoms with van der Waals surface area (Å²) < 4.78 is 0. The van der Waals surface area contributed by atoms with Crippen molar-refractivity contribution in [3.05, 3.63) is 30.1 Å². The summed E-state index contributed by atoms with van der Waals surface area (Å²) in [5.74, 6) is 4.99. The van der Waals surface area contributed by atoms with Crippen LogP contribution < -0.4 is 5.73 Å². The van der Waals surface area contributed by atoms with E-state index in [1.165, 1.54) is 44.1 Å². The van der Waals surface area contributed by atoms with Crippen LogP contribution in [0.25, 0.3) is 0 Å². The number of pyridine rings is 1. The minimum absolute atomic E-state index is 0.191. The Morgan fingerprint density at radius 1 is 1.11 bits per heavy atom. The van der Waals surface area contributed by atoms with E-state index >= 15 is 0 Å². The quantitative estimate of drug-likeness (QED) is 0.898. The molecule has 0 amide bonds. The lowest BCUT2D eigenvalue weighted by Gasteiger charge is -2.55. The second kappa shape index (κ2) is 4.59. The molecule has 0 spiro atoms. The lowest BCUT2D eigenvalue weighted by Crippen LogP contribution is -2.45. The Bertz CT molecular complexity index is 414. The lowest BCUT2D eigenvalue weighted by atomic mass is 9.51. The first-order valence-electron chi connectivity index (χ1n) is 7.95. The van der Waals surface area contributed by atoms with Gasteiger partial charge in [0.1, 0.15) is 0 Å². The van der Waals surface area contributed by atoms with Crippen molar-refractivity contribution < 1.29 is 0 Å². The van der Waals surface area contributed by atoms with E-state index < -0.39 is 0 Å². The van der Waals surface area contributed by atoms with E-state index in [1.807, 2.05) is 18.5 Å². The van der Waals surface area contributed by atoms with Gasteiger partial charge in [-0.2, -0.15) is 0 Å². The third-order valence-corrected chi connectivity index (χ3v) is 6.06. The zero-order valence-corrected chi connectivity index (χ0v) is 11.5. The van der Waals surface area contributed by atoms with Crippen LogP contribution in [0.4, 0.5) is 0 Å². The van der Waals surface area contributed by atoms with Gasteiger partial charge >= 0.3 is 0 Å². The summed E-state index contributed by atoms with van der Waals surface area (Å²) in [6.07, 6.45) is 12.5. The van der Waals surface area contributed by atoms with Crippen molar-refractivity contribution in [3.63, 3.8) is 0 Å². The molecule has 19 heavy (non-hydrogen) atoms. The summed E-state index contributed by atoms with van der Waals surface area (Å²) in [6.45, 7) is 0. The molecule has 2 N–H and O–H groups in total. The van der Waals surface area contributed by atoms with Crippen LogP contribution >= 0.6 is 0 Å². The lowest BCUT2D eigenvalue weighted by molar-refractivity contribution is -0.0420. The molecule has 4 fully saturated rings. The fraction of sp³-hybridized carbons (Fsp3) is 0.706. The average molecular weight is 256 g/mol. The third kappa shape index (κ3) is 2.10. The smallest absolute Gasteiger partial charge is 0.0315 e. The summed E-state index contributed by atoms with van der Waals surface area (Å²) in [7, 11) is 0. The van der Waals surface area contributed by atoms with Crippen molar-refractivity contribution in [1.29, 1.82) is 0 Å². The molecule has 0 aliphatic heterocycles. The number of nitrogens with two attached hydrogens (primary N) is 1. The highest BCUT2D eigenvalue weighted by Gasteiger charge is 2.48. The van der Waals surface area contributed by atoms with E-state index in [9.17, 15) is 0 Å². The van der Waals surface area contributed by atoms with Crippen LogP contribution in [0, 0.1) is 29.6 Å². The van der Waals surface area contributed by atoms with Crippen LogP contribution in [-0.2, 0) is 0 Å². The highest BCUT2D eigenvalue weighted by molar-refractivity contribution is 5.14. The van der Waals surface area contributed by atoms with Crippen molar-refractivity contribution in [2.75, 3.05) is 0 Å². The van der Waals surface area contributed by atoms with Crippen LogP contribution in [0.1, 0.15) is 50.1 Å². The molecule has 1 aromatic rings. The number of rotatable bonds is 3. The van der Waals surface area contributed by atoms with E-state index in [2.05, 4.69) is 11.1 Å². The molecule has 2 heteroatoms. The molecule has 4 aliphatic carbocycles. The Kier molecular flexibility index (Phi) is 2.87. The first-order chi connectivity index (χ1) is 9.29. The van der Waals surface area contributed by atoms with Crippen molar-refractivity contribution in [3.8, 4) is 0 Å². The van der Waals surface area contributed by atoms with E-state index in [-0.39, 0.29) is 6.04 Å². The Morgan fingerprint density at radius 2 is 1.79 bits per heavy atom. The maximum Gasteiger partial charge on any atom is 0.0315 e. The normalized spacial score (nSPS) is 41.4. The Labute approximate surface area is 115 Å². The molecule has 5 rings (SSSR count). The first-order valence-corrected chi connectivity index (χ1v) is 7.95. The van der Waals surface area contributed by atoms with Crippen molar-refractivity contribution in [1.82, 2.24) is 4.98 Å². The SMILES string of the molecule is NC(CC1C2CC3CC(C2)CC1C3)c1cccnc1. The monoisotopic (exact) mass is 256 g/mol. The van der Waals surface area contributed by atoms with Crippen LogP contribution in [-0.4, -0.2) is 4.98 Å². The number of aromatic nitrogens is 1. The maximum atomic E-state index is 6.43. The van der Waals surface area contributed by atoms with Gasteiger partial charge in [0.25, 0.3) is 0 Å². The van der Waals surface area contributed by atoms with Gasteiger partial charge in [-0.3, -0.25) is 4.98 Å². The molecule has 0 aromatic carbocycles. The largest absolute Gasteiger partial charge is 0.324 e. The first kappa shape index (κ1) is 11.9. The molecule has 4 saturated carbocycles. The Balaban J connectivity index is 1.48. The van der Waals surface area contributed by atoms with Gasteiger partial charge in [0, 0.05) is 18.4 Å². The summed E-state index contributed by atoms with van der Waals surface area (Å²) in [4.78, 5) is 4.21. The molecule has 1 unspecified atom stereocenters. The van der Waals surface area contributed by atoms with Crippen molar-refractivity contribution in [2.45, 2.75) is 44.6 Å². The molecule has 4 aliphatic rings. The Hall–Kier alpha value is -0.890. The zero-order valence-electron chi connectivity index (χ0n) is 11.5. The molecular formula is C17H24N2. The summed E-state index contributed by atoms with van der Waals surface area (Å²) >= 11 is 0. The highest BCUT2D eigenvalue weighted by Crippen LogP contribution is 2.58. The molecule has 4 bridgehead atoms. The van der Waals surface area contributed by atoms with Gasteiger partial charge in [0.15, 0.2) is 0 Å². The summed E-state index contributed by atoms with van der Waals surface area (Å²) in [5, 5.41) is 0. The standard InChI is InChI=1S/C17H24N2/c18-17(13-2-1-3-19-10-13)9-16-14-5-11-4-12(7-14)8-15(16)6-11/h1-3,10-12,14-17H,4-9,18H2. The van der Waals surface area contributed by atoms with Gasteiger partial charge in [-0.1, -0.05) is 6.07 Å². The molecule has 0 saturated heterocycles. The molecule has 1 aromatic heterocycles. The highest BCUT2D eigenvalue weighted by atomic mass is 14.7. The van der Waals surface area contributed by atoms with Crippen LogP contribution in [0.15, 0.2) is 24.5 Å². The molecule has 1 atom stereocenters. The van der Waals surface area contributed by atoms with Crippen LogP contribution in [0.3, 0.4) is 0 Å². The van der Waals surface area contributed by atoms with Crippen LogP contribution in [0.2, 0.25) is 0 Å². The fourth-order valence-corrected chi connectivity index (χ4v) is 5.45. The second-order valence-electron chi connectivity index (χ2n) is 7.22. The minimum atomic E-state index is 0.191. The fourth-order valence-electron chi connectivity index (χ4n) is 5.45. The molecule has 0 radical (unpaired) electrons. The third-order valence-electron chi connectivity index (χ3n) is 6.06. The van der Waals surface area contributed by atoms with Gasteiger partial charge in [0.2, 0.25) is 0 Å². The van der Waals surface area contributed by atoms with Gasteiger partial charge in [-0.25, -0.2) is 0 Å². The average Bonchev–Trinajstić information content (AvgIpc) is 2.43. The summed E-state index contributed by atoms with van der Waals surface area (Å²) in [6, 6.07) is 4.33. The molecule has 1 heterocycles. The predicted octanol–water partition coefficient (Wildman–Crippen LogP) is 3.54. The number of nitrogens with zero attached hydrogens (tertiary/aromatic N) is 1. The van der Waals surface area contributed by atoms with E-state index in [0.29, 0.717) is 0 Å². The van der Waals surface area contributed by atoms with E-state index in [4.69, 9.17) is 5.73 Å². The van der Waals surface area contributed by atoms with Gasteiger partial charge in [0.05, 0.1) is 0 Å². The van der Waals surface area contributed by atoms with Crippen molar-refractivity contribution >= 4 is 0 Å². The second-order valence-corrected chi connectivity index (χ2v) is 7.22. The molecule has 102 valence electrons. The minimum Gasteiger partial charge on any atom is -0.324 e. The zero-order chi connectivity index (χ0) is 12.8.